The van der Waals surface area contributed by atoms with Crippen LogP contribution in [0.1, 0.15) is 162 Å². The van der Waals surface area contributed by atoms with Gasteiger partial charge in [-0.3, -0.25) is 0 Å². The van der Waals surface area contributed by atoms with E-state index in [9.17, 15) is 0 Å². The van der Waals surface area contributed by atoms with Crippen LogP contribution in [0.3, 0.4) is 0 Å². The highest BCUT2D eigenvalue weighted by atomic mass is 14.5. The summed E-state index contributed by atoms with van der Waals surface area (Å²) in [5.41, 5.74) is 0.769. The molecule has 4 aliphatic rings. The van der Waals surface area contributed by atoms with Gasteiger partial charge < -0.3 is 0 Å². The molecule has 0 aromatic heterocycles. The lowest BCUT2D eigenvalue weighted by molar-refractivity contribution is -0.0406. The molecule has 0 heterocycles. The molecule has 4 aliphatic carbocycles. The quantitative estimate of drug-likeness (QED) is 0.311. The minimum atomic E-state index is 0.769. The minimum Gasteiger partial charge on any atom is -0.0654 e. The summed E-state index contributed by atoms with van der Waals surface area (Å²) in [5.74, 6) is 6.54. The first-order chi connectivity index (χ1) is 15.7. The van der Waals surface area contributed by atoms with E-state index in [0.29, 0.717) is 0 Å². The van der Waals surface area contributed by atoms with E-state index in [1.165, 1.54) is 38.5 Å². The van der Waals surface area contributed by atoms with Crippen LogP contribution in [-0.2, 0) is 0 Å². The van der Waals surface area contributed by atoms with Crippen molar-refractivity contribution in [2.45, 2.75) is 162 Å². The zero-order valence-corrected chi connectivity index (χ0v) is 22.2. The zero-order valence-electron chi connectivity index (χ0n) is 22.2. The molecule has 0 amide bonds. The third-order valence-corrected chi connectivity index (χ3v) is 11.5. The molecule has 0 aliphatic heterocycles. The van der Waals surface area contributed by atoms with E-state index >= 15 is 0 Å². The van der Waals surface area contributed by atoms with Gasteiger partial charge in [0, 0.05) is 0 Å². The Labute approximate surface area is 202 Å². The van der Waals surface area contributed by atoms with Crippen LogP contribution in [0.5, 0.6) is 0 Å². The van der Waals surface area contributed by atoms with Crippen molar-refractivity contribution < 1.29 is 0 Å². The third kappa shape index (κ3) is 6.16. The summed E-state index contributed by atoms with van der Waals surface area (Å²) >= 11 is 0. The molecular weight excluding hydrogens is 384 g/mol. The molecule has 186 valence electrons. The van der Waals surface area contributed by atoms with Gasteiger partial charge in [-0.25, -0.2) is 0 Å². The highest BCUT2D eigenvalue weighted by Gasteiger charge is 2.48. The third-order valence-electron chi connectivity index (χ3n) is 11.5. The van der Waals surface area contributed by atoms with Crippen molar-refractivity contribution in [3.05, 3.63) is 0 Å². The van der Waals surface area contributed by atoms with Crippen LogP contribution in [-0.4, -0.2) is 0 Å². The fourth-order valence-corrected chi connectivity index (χ4v) is 9.54. The molecule has 4 fully saturated rings. The van der Waals surface area contributed by atoms with Crippen molar-refractivity contribution in [3.8, 4) is 0 Å². The molecule has 0 saturated heterocycles. The lowest BCUT2D eigenvalue weighted by atomic mass is 9.51. The normalized spacial score (nSPS) is 39.8. The van der Waals surface area contributed by atoms with Gasteiger partial charge in [-0.05, 0) is 105 Å². The highest BCUT2D eigenvalue weighted by molar-refractivity contribution is 4.99. The maximum Gasteiger partial charge on any atom is -0.0241 e. The molecule has 0 heteroatoms. The molecule has 0 radical (unpaired) electrons. The first-order valence-electron chi connectivity index (χ1n) is 15.7. The van der Waals surface area contributed by atoms with Gasteiger partial charge in [0.05, 0.1) is 0 Å². The van der Waals surface area contributed by atoms with Gasteiger partial charge in [-0.2, -0.15) is 0 Å². The Hall–Kier alpha value is 0. The largest absolute Gasteiger partial charge is 0.0654 e. The van der Waals surface area contributed by atoms with E-state index in [-0.39, 0.29) is 0 Å². The standard InChI is InChI=1S/C32H58/c1-3-5-7-11-27-16-20-31(21-17-27)32(30-12-8-6-9-13-30)24-22-29(23-25-32)28-18-14-26(10-4-2)15-19-28/h26-31H,3-25H2,1-2H3/t26-,27?,28-,29?,31?,32?. The van der Waals surface area contributed by atoms with Gasteiger partial charge in [0.25, 0.3) is 0 Å². The van der Waals surface area contributed by atoms with Gasteiger partial charge >= 0.3 is 0 Å². The van der Waals surface area contributed by atoms with Crippen molar-refractivity contribution in [3.63, 3.8) is 0 Å². The second kappa shape index (κ2) is 12.6. The van der Waals surface area contributed by atoms with E-state index in [1.807, 2.05) is 0 Å². The predicted molar refractivity (Wildman–Crippen MR) is 141 cm³/mol. The molecule has 0 unspecified atom stereocenters. The molecule has 0 spiro atoms. The Balaban J connectivity index is 1.33. The molecule has 0 atom stereocenters. The van der Waals surface area contributed by atoms with Crippen LogP contribution in [0, 0.1) is 40.9 Å². The fourth-order valence-electron chi connectivity index (χ4n) is 9.54. The van der Waals surface area contributed by atoms with Crippen molar-refractivity contribution in [2.75, 3.05) is 0 Å². The summed E-state index contributed by atoms with van der Waals surface area (Å²) in [6.07, 6.45) is 35.7. The monoisotopic (exact) mass is 442 g/mol. The lowest BCUT2D eigenvalue weighted by Gasteiger charge is -2.54. The molecule has 0 nitrogen and oxygen atoms in total. The van der Waals surface area contributed by atoms with Crippen LogP contribution in [0.2, 0.25) is 0 Å². The number of hydrogen-bond donors (Lipinski definition) is 0. The number of unbranched alkanes of at least 4 members (excludes halogenated alkanes) is 2. The lowest BCUT2D eigenvalue weighted by Crippen LogP contribution is -2.44. The van der Waals surface area contributed by atoms with Crippen LogP contribution in [0.4, 0.5) is 0 Å². The first-order valence-corrected chi connectivity index (χ1v) is 15.7. The van der Waals surface area contributed by atoms with Crippen LogP contribution >= 0.6 is 0 Å². The molecule has 0 aromatic carbocycles. The van der Waals surface area contributed by atoms with Gasteiger partial charge in [0.1, 0.15) is 0 Å². The zero-order chi connectivity index (χ0) is 22.2. The van der Waals surface area contributed by atoms with Crippen LogP contribution < -0.4 is 0 Å². The summed E-state index contributed by atoms with van der Waals surface area (Å²) in [7, 11) is 0. The average Bonchev–Trinajstić information content (AvgIpc) is 2.86. The van der Waals surface area contributed by atoms with E-state index in [0.717, 1.165) is 40.9 Å². The van der Waals surface area contributed by atoms with E-state index < -0.39 is 0 Å². The Morgan fingerprint density at radius 2 is 1.06 bits per heavy atom. The molecule has 0 aromatic rings. The van der Waals surface area contributed by atoms with Crippen molar-refractivity contribution in [1.29, 1.82) is 0 Å². The minimum absolute atomic E-state index is 0.769. The van der Waals surface area contributed by atoms with Crippen molar-refractivity contribution in [1.82, 2.24) is 0 Å². The summed E-state index contributed by atoms with van der Waals surface area (Å²) in [6.45, 7) is 4.74. The predicted octanol–water partition coefficient (Wildman–Crippen LogP) is 10.7. The topological polar surface area (TPSA) is 0 Å². The van der Waals surface area contributed by atoms with E-state index in [2.05, 4.69) is 13.8 Å². The smallest absolute Gasteiger partial charge is 0.0241 e. The maximum atomic E-state index is 2.39. The number of hydrogen-bond acceptors (Lipinski definition) is 0. The fraction of sp³-hybridized carbons (Fsp3) is 1.00. The Morgan fingerprint density at radius 1 is 0.500 bits per heavy atom. The van der Waals surface area contributed by atoms with Gasteiger partial charge in [0.15, 0.2) is 0 Å². The summed E-state index contributed by atoms with van der Waals surface area (Å²) in [5, 5.41) is 0. The Morgan fingerprint density at radius 3 is 1.69 bits per heavy atom. The van der Waals surface area contributed by atoms with Gasteiger partial charge in [-0.15, -0.1) is 0 Å². The maximum absolute atomic E-state index is 2.39. The average molecular weight is 443 g/mol. The summed E-state index contributed by atoms with van der Waals surface area (Å²) in [6, 6.07) is 0. The van der Waals surface area contributed by atoms with Crippen LogP contribution in [0.25, 0.3) is 0 Å². The summed E-state index contributed by atoms with van der Waals surface area (Å²) < 4.78 is 0. The van der Waals surface area contributed by atoms with E-state index in [1.54, 1.807) is 109 Å². The molecule has 0 bridgehead atoms. The van der Waals surface area contributed by atoms with E-state index in [4.69, 9.17) is 0 Å². The summed E-state index contributed by atoms with van der Waals surface area (Å²) in [4.78, 5) is 0. The van der Waals surface area contributed by atoms with Crippen LogP contribution in [0.15, 0.2) is 0 Å². The molecular formula is C32H58. The van der Waals surface area contributed by atoms with Gasteiger partial charge in [-0.1, -0.05) is 97.3 Å². The SMILES string of the molecule is CCCCCC1CCC(C2(C3CCCCC3)CCC([C@H]3CC[C@H](CCC)CC3)CC2)CC1. The van der Waals surface area contributed by atoms with Crippen molar-refractivity contribution >= 4 is 0 Å². The molecule has 32 heavy (non-hydrogen) atoms. The Bertz CT molecular complexity index is 490. The first kappa shape index (κ1) is 25.1. The Kier molecular flexibility index (Phi) is 9.91. The van der Waals surface area contributed by atoms with Crippen molar-refractivity contribution in [2.24, 2.45) is 40.9 Å². The molecule has 4 rings (SSSR count). The molecule has 4 saturated carbocycles. The van der Waals surface area contributed by atoms with Gasteiger partial charge in [0.2, 0.25) is 0 Å². The molecule has 0 N–H and O–H groups in total. The number of rotatable bonds is 9. The second-order valence-electron chi connectivity index (χ2n) is 13.2. The highest BCUT2D eigenvalue weighted by Crippen LogP contribution is 2.59. The second-order valence-corrected chi connectivity index (χ2v) is 13.2.